The number of nitrogens with zero attached hydrogens (tertiary/aromatic N) is 2. The second kappa shape index (κ2) is 5.09. The lowest BCUT2D eigenvalue weighted by molar-refractivity contribution is -0.152. The van der Waals surface area contributed by atoms with Crippen LogP contribution in [0.3, 0.4) is 0 Å². The van der Waals surface area contributed by atoms with E-state index in [2.05, 4.69) is 5.16 Å². The summed E-state index contributed by atoms with van der Waals surface area (Å²) in [5.74, 6) is 0.0285. The van der Waals surface area contributed by atoms with Gasteiger partial charge in [-0.2, -0.15) is 0 Å². The first-order chi connectivity index (χ1) is 9.60. The Morgan fingerprint density at radius 1 is 1.35 bits per heavy atom. The fourth-order valence-corrected chi connectivity index (χ4v) is 2.99. The topological polar surface area (TPSA) is 41.9 Å². The van der Waals surface area contributed by atoms with Crippen molar-refractivity contribution in [3.8, 4) is 0 Å². The lowest BCUT2D eigenvalue weighted by atomic mass is 9.94. The average molecular weight is 293 g/mol. The standard InChI is InChI=1S/C15H17ClN2O2/c1-15(14(19)18-8-4-5-9-18)10-13(17-20-15)11-6-2-3-7-12(11)16/h2-3,6-7H,4-5,8-10H2,1H3. The number of rotatable bonds is 2. The minimum atomic E-state index is -0.890. The van der Waals surface area contributed by atoms with E-state index in [0.29, 0.717) is 11.4 Å². The fourth-order valence-electron chi connectivity index (χ4n) is 2.75. The van der Waals surface area contributed by atoms with E-state index in [1.54, 1.807) is 6.92 Å². The molecule has 0 bridgehead atoms. The number of likely N-dealkylation sites (tertiary alicyclic amines) is 1. The molecule has 1 atom stereocenters. The van der Waals surface area contributed by atoms with E-state index in [4.69, 9.17) is 16.4 Å². The molecule has 0 N–H and O–H groups in total. The van der Waals surface area contributed by atoms with Crippen molar-refractivity contribution in [3.05, 3.63) is 34.9 Å². The summed E-state index contributed by atoms with van der Waals surface area (Å²) in [7, 11) is 0. The molecule has 2 aliphatic heterocycles. The summed E-state index contributed by atoms with van der Waals surface area (Å²) in [5.41, 5.74) is 0.691. The molecule has 1 saturated heterocycles. The van der Waals surface area contributed by atoms with E-state index in [0.717, 1.165) is 37.2 Å². The first-order valence-corrected chi connectivity index (χ1v) is 7.27. The smallest absolute Gasteiger partial charge is 0.269 e. The summed E-state index contributed by atoms with van der Waals surface area (Å²) in [6.45, 7) is 3.44. The highest BCUT2D eigenvalue weighted by atomic mass is 35.5. The average Bonchev–Trinajstić information content (AvgIpc) is 3.09. The van der Waals surface area contributed by atoms with Crippen LogP contribution in [0.4, 0.5) is 0 Å². The van der Waals surface area contributed by atoms with Crippen LogP contribution in [0, 0.1) is 0 Å². The van der Waals surface area contributed by atoms with Crippen molar-refractivity contribution in [1.29, 1.82) is 0 Å². The third-order valence-electron chi connectivity index (χ3n) is 3.89. The quantitative estimate of drug-likeness (QED) is 0.841. The number of halogens is 1. The summed E-state index contributed by atoms with van der Waals surface area (Å²) < 4.78 is 0. The van der Waals surface area contributed by atoms with Gasteiger partial charge < -0.3 is 9.74 Å². The highest BCUT2D eigenvalue weighted by molar-refractivity contribution is 6.34. The van der Waals surface area contributed by atoms with Crippen LogP contribution in [-0.4, -0.2) is 35.2 Å². The molecule has 0 aromatic heterocycles. The van der Waals surface area contributed by atoms with Gasteiger partial charge in [-0.1, -0.05) is 35.0 Å². The Balaban J connectivity index is 1.77. The van der Waals surface area contributed by atoms with Gasteiger partial charge in [0, 0.05) is 30.1 Å². The van der Waals surface area contributed by atoms with E-state index in [9.17, 15) is 4.79 Å². The minimum Gasteiger partial charge on any atom is -0.379 e. The summed E-state index contributed by atoms with van der Waals surface area (Å²) in [6.07, 6.45) is 2.60. The summed E-state index contributed by atoms with van der Waals surface area (Å²) >= 11 is 6.17. The molecule has 1 amide bonds. The van der Waals surface area contributed by atoms with Crippen molar-refractivity contribution in [1.82, 2.24) is 4.90 Å². The lowest BCUT2D eigenvalue weighted by Crippen LogP contribution is -2.46. The lowest BCUT2D eigenvalue weighted by Gasteiger charge is -2.26. The summed E-state index contributed by atoms with van der Waals surface area (Å²) in [6, 6.07) is 7.49. The van der Waals surface area contributed by atoms with Gasteiger partial charge in [0.2, 0.25) is 5.60 Å². The van der Waals surface area contributed by atoms with Gasteiger partial charge in [0.15, 0.2) is 0 Å². The Hall–Kier alpha value is -1.55. The number of benzene rings is 1. The van der Waals surface area contributed by atoms with Gasteiger partial charge in [0.25, 0.3) is 5.91 Å². The zero-order valence-electron chi connectivity index (χ0n) is 11.4. The van der Waals surface area contributed by atoms with E-state index in [1.165, 1.54) is 0 Å². The SMILES string of the molecule is CC1(C(=O)N2CCCC2)CC(c2ccccc2Cl)=NO1. The number of carbonyl (C=O) groups excluding carboxylic acids is 1. The van der Waals surface area contributed by atoms with Crippen LogP contribution < -0.4 is 0 Å². The van der Waals surface area contributed by atoms with Gasteiger partial charge in [-0.05, 0) is 25.8 Å². The van der Waals surface area contributed by atoms with E-state index in [1.807, 2.05) is 29.2 Å². The van der Waals surface area contributed by atoms with Gasteiger partial charge in [-0.3, -0.25) is 4.79 Å². The Labute approximate surface area is 123 Å². The molecule has 5 heteroatoms. The van der Waals surface area contributed by atoms with Crippen LogP contribution >= 0.6 is 11.6 Å². The van der Waals surface area contributed by atoms with Gasteiger partial charge >= 0.3 is 0 Å². The molecule has 1 aromatic rings. The molecule has 2 heterocycles. The third kappa shape index (κ3) is 2.29. The maximum atomic E-state index is 12.5. The predicted octanol–water partition coefficient (Wildman–Crippen LogP) is 2.85. The molecular formula is C15H17ClN2O2. The number of carbonyl (C=O) groups is 1. The molecule has 0 saturated carbocycles. The van der Waals surface area contributed by atoms with Gasteiger partial charge in [-0.25, -0.2) is 0 Å². The zero-order chi connectivity index (χ0) is 14.2. The van der Waals surface area contributed by atoms with Crippen LogP contribution in [0.2, 0.25) is 5.02 Å². The number of hydrogen-bond acceptors (Lipinski definition) is 3. The Morgan fingerprint density at radius 3 is 2.75 bits per heavy atom. The fraction of sp³-hybridized carbons (Fsp3) is 0.467. The number of hydrogen-bond donors (Lipinski definition) is 0. The maximum Gasteiger partial charge on any atom is 0.269 e. The van der Waals surface area contributed by atoms with E-state index < -0.39 is 5.60 Å². The van der Waals surface area contributed by atoms with Crippen molar-refractivity contribution in [3.63, 3.8) is 0 Å². The molecular weight excluding hydrogens is 276 g/mol. The van der Waals surface area contributed by atoms with Gasteiger partial charge in [-0.15, -0.1) is 0 Å². The summed E-state index contributed by atoms with van der Waals surface area (Å²) in [4.78, 5) is 19.9. The number of amides is 1. The van der Waals surface area contributed by atoms with Crippen LogP contribution in [-0.2, 0) is 9.63 Å². The van der Waals surface area contributed by atoms with Crippen LogP contribution in [0.1, 0.15) is 31.7 Å². The highest BCUT2D eigenvalue weighted by Gasteiger charge is 2.45. The van der Waals surface area contributed by atoms with Crippen molar-refractivity contribution in [2.45, 2.75) is 31.8 Å². The molecule has 1 aromatic carbocycles. The predicted molar refractivity (Wildman–Crippen MR) is 77.9 cm³/mol. The maximum absolute atomic E-state index is 12.5. The molecule has 3 rings (SSSR count). The Kier molecular flexibility index (Phi) is 3.42. The molecule has 4 nitrogen and oxygen atoms in total. The Bertz CT molecular complexity index is 567. The molecule has 1 fully saturated rings. The molecule has 1 unspecified atom stereocenters. The van der Waals surface area contributed by atoms with Crippen LogP contribution in [0.15, 0.2) is 29.4 Å². The van der Waals surface area contributed by atoms with Gasteiger partial charge in [0.1, 0.15) is 0 Å². The first kappa shape index (κ1) is 13.4. The monoisotopic (exact) mass is 292 g/mol. The largest absolute Gasteiger partial charge is 0.379 e. The first-order valence-electron chi connectivity index (χ1n) is 6.89. The number of oxime groups is 1. The van der Waals surface area contributed by atoms with Crippen molar-refractivity contribution >= 4 is 23.2 Å². The van der Waals surface area contributed by atoms with Crippen molar-refractivity contribution < 1.29 is 9.63 Å². The van der Waals surface area contributed by atoms with Crippen molar-refractivity contribution in [2.24, 2.45) is 5.16 Å². The van der Waals surface area contributed by atoms with Crippen molar-refractivity contribution in [2.75, 3.05) is 13.1 Å². The highest BCUT2D eigenvalue weighted by Crippen LogP contribution is 2.31. The van der Waals surface area contributed by atoms with Crippen LogP contribution in [0.25, 0.3) is 0 Å². The second-order valence-electron chi connectivity index (χ2n) is 5.52. The third-order valence-corrected chi connectivity index (χ3v) is 4.22. The molecule has 0 aliphatic carbocycles. The normalized spacial score (nSPS) is 25.5. The minimum absolute atomic E-state index is 0.0285. The molecule has 20 heavy (non-hydrogen) atoms. The molecule has 0 spiro atoms. The van der Waals surface area contributed by atoms with Gasteiger partial charge in [0.05, 0.1) is 5.71 Å². The van der Waals surface area contributed by atoms with Crippen LogP contribution in [0.5, 0.6) is 0 Å². The second-order valence-corrected chi connectivity index (χ2v) is 5.92. The van der Waals surface area contributed by atoms with E-state index in [-0.39, 0.29) is 5.91 Å². The van der Waals surface area contributed by atoms with E-state index >= 15 is 0 Å². The zero-order valence-corrected chi connectivity index (χ0v) is 12.2. The summed E-state index contributed by atoms with van der Waals surface area (Å²) in [5, 5.41) is 4.73. The molecule has 2 aliphatic rings. The molecule has 0 radical (unpaired) electrons. The molecule has 106 valence electrons. The Morgan fingerprint density at radius 2 is 2.05 bits per heavy atom.